The van der Waals surface area contributed by atoms with Crippen molar-refractivity contribution < 1.29 is 0 Å². The molecule has 0 saturated heterocycles. The number of rotatable bonds is 1. The van der Waals surface area contributed by atoms with Gasteiger partial charge in [0.15, 0.2) is 5.82 Å². The largest absolute Gasteiger partial charge is 0.313 e. The summed E-state index contributed by atoms with van der Waals surface area (Å²) in [6.07, 6.45) is 3.38. The summed E-state index contributed by atoms with van der Waals surface area (Å²) in [5.74, 6) is 2.24. The third kappa shape index (κ3) is 1.42. The second-order valence-corrected chi connectivity index (χ2v) is 5.07. The fraction of sp³-hybridized carbons (Fsp3) is 0.429. The predicted octanol–water partition coefficient (Wildman–Crippen LogP) is 1.46. The van der Waals surface area contributed by atoms with Gasteiger partial charge in [-0.2, -0.15) is 0 Å². The molecular weight excluding hydrogens is 224 g/mol. The van der Waals surface area contributed by atoms with Gasteiger partial charge in [0.25, 0.3) is 0 Å². The lowest BCUT2D eigenvalue weighted by atomic mass is 9.94. The zero-order valence-corrected chi connectivity index (χ0v) is 10.3. The quantitative estimate of drug-likeness (QED) is 0.820. The minimum Gasteiger partial charge on any atom is -0.313 e. The van der Waals surface area contributed by atoms with Crippen LogP contribution in [0, 0.1) is 0 Å². The molecule has 18 heavy (non-hydrogen) atoms. The van der Waals surface area contributed by atoms with Gasteiger partial charge in [-0.3, -0.25) is 0 Å². The van der Waals surface area contributed by atoms with Gasteiger partial charge in [-0.05, 0) is 24.0 Å². The van der Waals surface area contributed by atoms with E-state index >= 15 is 0 Å². The molecule has 92 valence electrons. The maximum absolute atomic E-state index is 4.41. The summed E-state index contributed by atoms with van der Waals surface area (Å²) in [7, 11) is 0. The Labute approximate surface area is 106 Å². The SMILES string of the molecule is c1ccc2c(c1)CCNC2c1nnc2n1CCC2. The highest BCUT2D eigenvalue weighted by atomic mass is 15.3. The minimum atomic E-state index is 0.217. The molecule has 0 bridgehead atoms. The summed E-state index contributed by atoms with van der Waals surface area (Å²) in [6.45, 7) is 2.09. The van der Waals surface area contributed by atoms with E-state index in [1.54, 1.807) is 0 Å². The molecule has 1 aromatic carbocycles. The summed E-state index contributed by atoms with van der Waals surface area (Å²) in [4.78, 5) is 0. The third-order valence-electron chi connectivity index (χ3n) is 4.01. The molecule has 4 heteroatoms. The van der Waals surface area contributed by atoms with Crippen LogP contribution in [0.4, 0.5) is 0 Å². The van der Waals surface area contributed by atoms with Crippen molar-refractivity contribution in [3.8, 4) is 0 Å². The molecule has 0 radical (unpaired) electrons. The van der Waals surface area contributed by atoms with Crippen LogP contribution in [0.2, 0.25) is 0 Å². The zero-order valence-electron chi connectivity index (χ0n) is 10.3. The normalized spacial score (nSPS) is 21.7. The number of benzene rings is 1. The van der Waals surface area contributed by atoms with Crippen molar-refractivity contribution in [2.75, 3.05) is 6.54 Å². The summed E-state index contributed by atoms with van der Waals surface area (Å²) >= 11 is 0. The van der Waals surface area contributed by atoms with Gasteiger partial charge in [0.2, 0.25) is 0 Å². The number of aromatic nitrogens is 3. The predicted molar refractivity (Wildman–Crippen MR) is 68.3 cm³/mol. The molecule has 2 aliphatic heterocycles. The van der Waals surface area contributed by atoms with Gasteiger partial charge in [0, 0.05) is 19.5 Å². The zero-order chi connectivity index (χ0) is 11.9. The first kappa shape index (κ1) is 10.3. The van der Waals surface area contributed by atoms with E-state index < -0.39 is 0 Å². The van der Waals surface area contributed by atoms with E-state index in [1.165, 1.54) is 17.5 Å². The highest BCUT2D eigenvalue weighted by Crippen LogP contribution is 2.29. The Morgan fingerprint density at radius 3 is 3.11 bits per heavy atom. The molecule has 0 aliphatic carbocycles. The number of nitrogens with zero attached hydrogens (tertiary/aromatic N) is 3. The monoisotopic (exact) mass is 240 g/mol. The number of fused-ring (bicyclic) bond motifs is 2. The molecule has 2 aromatic rings. The molecule has 2 aliphatic rings. The summed E-state index contributed by atoms with van der Waals surface area (Å²) in [5.41, 5.74) is 2.81. The standard InChI is InChI=1S/C14H16N4/c1-2-5-11-10(4-1)7-8-15-13(11)14-17-16-12-6-3-9-18(12)14/h1-2,4-5,13,15H,3,6-9H2. The van der Waals surface area contributed by atoms with Crippen molar-refractivity contribution in [3.63, 3.8) is 0 Å². The van der Waals surface area contributed by atoms with Gasteiger partial charge >= 0.3 is 0 Å². The first-order valence-electron chi connectivity index (χ1n) is 6.66. The smallest absolute Gasteiger partial charge is 0.154 e. The lowest BCUT2D eigenvalue weighted by Gasteiger charge is -2.26. The van der Waals surface area contributed by atoms with Crippen LogP contribution >= 0.6 is 0 Å². The molecule has 0 saturated carbocycles. The van der Waals surface area contributed by atoms with Crippen molar-refractivity contribution >= 4 is 0 Å². The van der Waals surface area contributed by atoms with Crippen LogP contribution in [0.15, 0.2) is 24.3 Å². The van der Waals surface area contributed by atoms with Crippen LogP contribution in [0.3, 0.4) is 0 Å². The first-order valence-corrected chi connectivity index (χ1v) is 6.66. The third-order valence-corrected chi connectivity index (χ3v) is 4.01. The molecule has 4 rings (SSSR count). The number of hydrogen-bond donors (Lipinski definition) is 1. The Hall–Kier alpha value is -1.68. The van der Waals surface area contributed by atoms with Crippen molar-refractivity contribution in [3.05, 3.63) is 47.0 Å². The Kier molecular flexibility index (Phi) is 2.23. The maximum Gasteiger partial charge on any atom is 0.154 e. The number of aryl methyl sites for hydroxylation is 1. The van der Waals surface area contributed by atoms with E-state index in [0.717, 1.165) is 37.6 Å². The first-order chi connectivity index (χ1) is 8.93. The van der Waals surface area contributed by atoms with Gasteiger partial charge in [-0.25, -0.2) is 0 Å². The lowest BCUT2D eigenvalue weighted by Crippen LogP contribution is -2.32. The Balaban J connectivity index is 1.82. The van der Waals surface area contributed by atoms with E-state index in [1.807, 2.05) is 0 Å². The van der Waals surface area contributed by atoms with E-state index in [4.69, 9.17) is 0 Å². The van der Waals surface area contributed by atoms with Crippen molar-refractivity contribution in [1.82, 2.24) is 20.1 Å². The van der Waals surface area contributed by atoms with Crippen LogP contribution in [-0.4, -0.2) is 21.3 Å². The van der Waals surface area contributed by atoms with E-state index in [9.17, 15) is 0 Å². The second-order valence-electron chi connectivity index (χ2n) is 5.07. The van der Waals surface area contributed by atoms with Gasteiger partial charge in [0.1, 0.15) is 5.82 Å². The lowest BCUT2D eigenvalue weighted by molar-refractivity contribution is 0.517. The molecule has 3 heterocycles. The fourth-order valence-electron chi connectivity index (χ4n) is 3.12. The molecule has 1 N–H and O–H groups in total. The molecule has 1 aromatic heterocycles. The van der Waals surface area contributed by atoms with Crippen molar-refractivity contribution in [1.29, 1.82) is 0 Å². The van der Waals surface area contributed by atoms with Gasteiger partial charge in [0.05, 0.1) is 6.04 Å². The molecule has 4 nitrogen and oxygen atoms in total. The van der Waals surface area contributed by atoms with E-state index in [0.29, 0.717) is 0 Å². The Morgan fingerprint density at radius 1 is 1.17 bits per heavy atom. The topological polar surface area (TPSA) is 42.7 Å². The van der Waals surface area contributed by atoms with E-state index in [2.05, 4.69) is 44.3 Å². The average Bonchev–Trinajstić information content (AvgIpc) is 3.01. The fourth-order valence-corrected chi connectivity index (χ4v) is 3.12. The number of hydrogen-bond acceptors (Lipinski definition) is 3. The summed E-state index contributed by atoms with van der Waals surface area (Å²) in [6, 6.07) is 8.89. The number of nitrogens with one attached hydrogen (secondary N) is 1. The van der Waals surface area contributed by atoms with Crippen molar-refractivity contribution in [2.45, 2.75) is 31.8 Å². The summed E-state index contributed by atoms with van der Waals surface area (Å²) in [5, 5.41) is 12.3. The molecule has 1 unspecified atom stereocenters. The van der Waals surface area contributed by atoms with Gasteiger partial charge in [-0.15, -0.1) is 10.2 Å². The minimum absolute atomic E-state index is 0.217. The molecule has 0 amide bonds. The van der Waals surface area contributed by atoms with Crippen LogP contribution in [0.25, 0.3) is 0 Å². The molecule has 1 atom stereocenters. The maximum atomic E-state index is 4.41. The summed E-state index contributed by atoms with van der Waals surface area (Å²) < 4.78 is 2.29. The Bertz CT molecular complexity index is 587. The van der Waals surface area contributed by atoms with E-state index in [-0.39, 0.29) is 6.04 Å². The van der Waals surface area contributed by atoms with Crippen LogP contribution < -0.4 is 5.32 Å². The van der Waals surface area contributed by atoms with Crippen LogP contribution in [0.1, 0.15) is 35.2 Å². The highest BCUT2D eigenvalue weighted by molar-refractivity contribution is 5.36. The molecule has 0 fully saturated rings. The highest BCUT2D eigenvalue weighted by Gasteiger charge is 2.28. The van der Waals surface area contributed by atoms with Crippen LogP contribution in [0.5, 0.6) is 0 Å². The molecule has 0 spiro atoms. The Morgan fingerprint density at radius 2 is 2.11 bits per heavy atom. The van der Waals surface area contributed by atoms with Crippen molar-refractivity contribution in [2.24, 2.45) is 0 Å². The van der Waals surface area contributed by atoms with Crippen LogP contribution in [-0.2, 0) is 19.4 Å². The van der Waals surface area contributed by atoms with Gasteiger partial charge < -0.3 is 9.88 Å². The molecular formula is C14H16N4. The van der Waals surface area contributed by atoms with Gasteiger partial charge in [-0.1, -0.05) is 24.3 Å². The average molecular weight is 240 g/mol. The second kappa shape index (κ2) is 3.92.